The van der Waals surface area contributed by atoms with Gasteiger partial charge >= 0.3 is 0 Å². The smallest absolute Gasteiger partial charge is 0.252 e. The molecule has 22 heavy (non-hydrogen) atoms. The van der Waals surface area contributed by atoms with Crippen molar-refractivity contribution in [2.24, 2.45) is 7.05 Å². The Bertz CT molecular complexity index is 713. The summed E-state index contributed by atoms with van der Waals surface area (Å²) >= 11 is 0. The second-order valence-corrected chi connectivity index (χ2v) is 6.85. The van der Waals surface area contributed by atoms with Gasteiger partial charge in [0.25, 0.3) is 5.91 Å². The van der Waals surface area contributed by atoms with E-state index in [1.165, 1.54) is 0 Å². The van der Waals surface area contributed by atoms with Gasteiger partial charge in [-0.05, 0) is 39.2 Å². The maximum atomic E-state index is 12.8. The molecular weight excluding hydrogens is 276 g/mol. The van der Waals surface area contributed by atoms with Crippen molar-refractivity contribution in [2.45, 2.75) is 59.4 Å². The molecule has 0 aliphatic rings. The van der Waals surface area contributed by atoms with Crippen LogP contribution in [0.2, 0.25) is 0 Å². The predicted molar refractivity (Wildman–Crippen MR) is 89.2 cm³/mol. The zero-order valence-corrected chi connectivity index (χ0v) is 14.6. The first kappa shape index (κ1) is 16.5. The molecule has 5 nitrogen and oxygen atoms in total. The fourth-order valence-electron chi connectivity index (χ4n) is 2.40. The van der Waals surface area contributed by atoms with Crippen LogP contribution in [0.5, 0.6) is 0 Å². The van der Waals surface area contributed by atoms with E-state index in [1.54, 1.807) is 4.68 Å². The van der Waals surface area contributed by atoms with Crippen LogP contribution in [0.3, 0.4) is 0 Å². The van der Waals surface area contributed by atoms with Crippen molar-refractivity contribution in [1.29, 1.82) is 0 Å². The first-order valence-electron chi connectivity index (χ1n) is 7.83. The minimum atomic E-state index is -0.235. The number of carbonyl (C=O) groups is 1. The standard InChI is InChI=1S/C17H26N4O/c1-8-17(5,6)19-16(22)12-9-13(10(2)3)18-15-14(12)11(4)20-21(15)7/h9-10H,8H2,1-7H3,(H,19,22). The molecule has 0 radical (unpaired) electrons. The molecule has 0 saturated carbocycles. The second-order valence-electron chi connectivity index (χ2n) is 6.85. The number of aryl methyl sites for hydroxylation is 2. The van der Waals surface area contributed by atoms with Crippen LogP contribution < -0.4 is 5.32 Å². The minimum absolute atomic E-state index is 0.0581. The van der Waals surface area contributed by atoms with Crippen molar-refractivity contribution in [3.05, 3.63) is 23.0 Å². The van der Waals surface area contributed by atoms with Gasteiger partial charge in [0.05, 0.1) is 16.6 Å². The van der Waals surface area contributed by atoms with E-state index in [-0.39, 0.29) is 17.4 Å². The van der Waals surface area contributed by atoms with E-state index in [4.69, 9.17) is 0 Å². The van der Waals surface area contributed by atoms with Crippen LogP contribution in [0.4, 0.5) is 0 Å². The number of pyridine rings is 1. The number of nitrogens with zero attached hydrogens (tertiary/aromatic N) is 3. The Morgan fingerprint density at radius 2 is 2.05 bits per heavy atom. The highest BCUT2D eigenvalue weighted by molar-refractivity contribution is 6.06. The van der Waals surface area contributed by atoms with Crippen LogP contribution in [0, 0.1) is 6.92 Å². The number of hydrogen-bond acceptors (Lipinski definition) is 3. The maximum Gasteiger partial charge on any atom is 0.252 e. The van der Waals surface area contributed by atoms with Gasteiger partial charge in [0.15, 0.2) is 5.65 Å². The summed E-state index contributed by atoms with van der Waals surface area (Å²) in [6, 6.07) is 1.91. The molecule has 0 unspecified atom stereocenters. The molecule has 1 N–H and O–H groups in total. The maximum absolute atomic E-state index is 12.8. The second kappa shape index (κ2) is 5.71. The summed E-state index contributed by atoms with van der Waals surface area (Å²) in [4.78, 5) is 17.5. The highest BCUT2D eigenvalue weighted by Crippen LogP contribution is 2.25. The van der Waals surface area contributed by atoms with E-state index >= 15 is 0 Å². The van der Waals surface area contributed by atoms with E-state index < -0.39 is 0 Å². The van der Waals surface area contributed by atoms with Gasteiger partial charge in [-0.3, -0.25) is 9.48 Å². The summed E-state index contributed by atoms with van der Waals surface area (Å²) in [6.45, 7) is 12.2. The number of nitrogens with one attached hydrogen (secondary N) is 1. The molecule has 0 fully saturated rings. The SMILES string of the molecule is CCC(C)(C)NC(=O)c1cc(C(C)C)nc2c1c(C)nn2C. The quantitative estimate of drug-likeness (QED) is 0.942. The molecule has 0 bridgehead atoms. The number of hydrogen-bond donors (Lipinski definition) is 1. The van der Waals surface area contributed by atoms with Gasteiger partial charge in [-0.1, -0.05) is 20.8 Å². The molecule has 5 heteroatoms. The Hall–Kier alpha value is -1.91. The lowest BCUT2D eigenvalue weighted by molar-refractivity contribution is 0.0912. The van der Waals surface area contributed by atoms with Crippen molar-refractivity contribution in [1.82, 2.24) is 20.1 Å². The molecule has 120 valence electrons. The number of rotatable bonds is 4. The van der Waals surface area contributed by atoms with Crippen LogP contribution in [-0.4, -0.2) is 26.2 Å². The van der Waals surface area contributed by atoms with E-state index in [0.29, 0.717) is 5.56 Å². The molecule has 0 atom stereocenters. The van der Waals surface area contributed by atoms with Crippen LogP contribution in [0.25, 0.3) is 11.0 Å². The normalized spacial score (nSPS) is 12.2. The first-order valence-corrected chi connectivity index (χ1v) is 7.83. The summed E-state index contributed by atoms with van der Waals surface area (Å²) in [6.07, 6.45) is 0.871. The molecular formula is C17H26N4O. The molecule has 0 spiro atoms. The van der Waals surface area contributed by atoms with E-state index in [1.807, 2.05) is 33.9 Å². The summed E-state index contributed by atoms with van der Waals surface area (Å²) in [5, 5.41) is 8.38. The van der Waals surface area contributed by atoms with Crippen LogP contribution in [0.1, 0.15) is 68.7 Å². The number of carbonyl (C=O) groups excluding carboxylic acids is 1. The lowest BCUT2D eigenvalue weighted by atomic mass is 9.99. The van der Waals surface area contributed by atoms with Crippen LogP contribution in [-0.2, 0) is 7.05 Å². The Kier molecular flexibility index (Phi) is 4.27. The fraction of sp³-hybridized carbons (Fsp3) is 0.588. The highest BCUT2D eigenvalue weighted by Gasteiger charge is 2.23. The Morgan fingerprint density at radius 1 is 1.41 bits per heavy atom. The van der Waals surface area contributed by atoms with Crippen molar-refractivity contribution >= 4 is 16.9 Å². The molecule has 0 aliphatic carbocycles. The fourth-order valence-corrected chi connectivity index (χ4v) is 2.40. The Morgan fingerprint density at radius 3 is 2.59 bits per heavy atom. The van der Waals surface area contributed by atoms with E-state index in [0.717, 1.165) is 28.8 Å². The summed E-state index contributed by atoms with van der Waals surface area (Å²) in [7, 11) is 1.87. The molecule has 2 rings (SSSR count). The van der Waals surface area contributed by atoms with Crippen LogP contribution >= 0.6 is 0 Å². The number of amides is 1. The largest absolute Gasteiger partial charge is 0.347 e. The molecule has 0 saturated heterocycles. The van der Waals surface area contributed by atoms with Crippen molar-refractivity contribution < 1.29 is 4.79 Å². The molecule has 2 aromatic rings. The van der Waals surface area contributed by atoms with Crippen LogP contribution in [0.15, 0.2) is 6.07 Å². The van der Waals surface area contributed by atoms with Crippen molar-refractivity contribution in [3.63, 3.8) is 0 Å². The summed E-state index contributed by atoms with van der Waals surface area (Å²) in [5.41, 5.74) is 2.94. The van der Waals surface area contributed by atoms with Crippen molar-refractivity contribution in [3.8, 4) is 0 Å². The highest BCUT2D eigenvalue weighted by atomic mass is 16.1. The molecule has 0 aliphatic heterocycles. The molecule has 2 aromatic heterocycles. The average Bonchev–Trinajstić information content (AvgIpc) is 2.72. The lowest BCUT2D eigenvalue weighted by Crippen LogP contribution is -2.42. The van der Waals surface area contributed by atoms with Crippen molar-refractivity contribution in [2.75, 3.05) is 0 Å². The molecule has 2 heterocycles. The third-order valence-corrected chi connectivity index (χ3v) is 4.16. The molecule has 1 amide bonds. The summed E-state index contributed by atoms with van der Waals surface area (Å²) < 4.78 is 1.75. The predicted octanol–water partition coefficient (Wildman–Crippen LogP) is 3.32. The van der Waals surface area contributed by atoms with Gasteiger partial charge in [-0.25, -0.2) is 4.98 Å². The number of aromatic nitrogens is 3. The Balaban J connectivity index is 2.63. The zero-order chi connectivity index (χ0) is 16.7. The van der Waals surface area contributed by atoms with Gasteiger partial charge in [0.1, 0.15) is 0 Å². The van der Waals surface area contributed by atoms with Gasteiger partial charge in [-0.2, -0.15) is 5.10 Å². The third-order valence-electron chi connectivity index (χ3n) is 4.16. The van der Waals surface area contributed by atoms with E-state index in [2.05, 4.69) is 36.2 Å². The lowest BCUT2D eigenvalue weighted by Gasteiger charge is -2.25. The minimum Gasteiger partial charge on any atom is -0.347 e. The zero-order valence-electron chi connectivity index (χ0n) is 14.6. The average molecular weight is 302 g/mol. The monoisotopic (exact) mass is 302 g/mol. The first-order chi connectivity index (χ1) is 10.2. The van der Waals surface area contributed by atoms with Gasteiger partial charge < -0.3 is 5.32 Å². The van der Waals surface area contributed by atoms with Gasteiger partial charge in [0.2, 0.25) is 0 Å². The third kappa shape index (κ3) is 2.98. The Labute approximate surface area is 132 Å². The topological polar surface area (TPSA) is 59.8 Å². The van der Waals surface area contributed by atoms with Gasteiger partial charge in [0, 0.05) is 18.3 Å². The van der Waals surface area contributed by atoms with Gasteiger partial charge in [-0.15, -0.1) is 0 Å². The summed E-state index contributed by atoms with van der Waals surface area (Å²) in [5.74, 6) is 0.197. The molecule has 0 aromatic carbocycles. The van der Waals surface area contributed by atoms with E-state index in [9.17, 15) is 4.79 Å². The number of fused-ring (bicyclic) bond motifs is 1.